The van der Waals surface area contributed by atoms with Gasteiger partial charge in [0.25, 0.3) is 0 Å². The van der Waals surface area contributed by atoms with Gasteiger partial charge in [0, 0.05) is 13.0 Å². The maximum absolute atomic E-state index is 11.1. The number of imidazole rings is 1. The molecule has 0 aliphatic carbocycles. The fourth-order valence-corrected chi connectivity index (χ4v) is 2.69. The molecule has 0 amide bonds. The summed E-state index contributed by atoms with van der Waals surface area (Å²) in [6, 6.07) is 5.09. The minimum absolute atomic E-state index is 0.129. The maximum atomic E-state index is 11.1. The maximum Gasteiger partial charge on any atom is 0.335 e. The molecule has 1 N–H and O–H groups in total. The summed E-state index contributed by atoms with van der Waals surface area (Å²) in [6.45, 7) is 1.86. The SMILES string of the molecule is COC[C@@H]1COC[C@@H]1n1cnc2ccc(C(=O)O)cc21. The van der Waals surface area contributed by atoms with Gasteiger partial charge >= 0.3 is 5.97 Å². The van der Waals surface area contributed by atoms with E-state index in [9.17, 15) is 4.79 Å². The van der Waals surface area contributed by atoms with E-state index in [1.54, 1.807) is 31.6 Å². The second-order valence-corrected chi connectivity index (χ2v) is 4.98. The molecule has 0 bridgehead atoms. The van der Waals surface area contributed by atoms with Crippen molar-refractivity contribution in [1.82, 2.24) is 9.55 Å². The summed E-state index contributed by atoms with van der Waals surface area (Å²) in [5.74, 6) is -0.679. The summed E-state index contributed by atoms with van der Waals surface area (Å²) in [5.41, 5.74) is 1.88. The number of hydrogen-bond donors (Lipinski definition) is 1. The molecule has 0 unspecified atom stereocenters. The van der Waals surface area contributed by atoms with Crippen LogP contribution in [0.4, 0.5) is 0 Å². The highest BCUT2D eigenvalue weighted by Gasteiger charge is 2.30. The van der Waals surface area contributed by atoms with Gasteiger partial charge in [-0.15, -0.1) is 0 Å². The lowest BCUT2D eigenvalue weighted by atomic mass is 10.0. The molecular formula is C14H16N2O4. The Balaban J connectivity index is 2.02. The van der Waals surface area contributed by atoms with Crippen LogP contribution < -0.4 is 0 Å². The van der Waals surface area contributed by atoms with Crippen molar-refractivity contribution in [3.8, 4) is 0 Å². The highest BCUT2D eigenvalue weighted by Crippen LogP contribution is 2.29. The predicted octanol–water partition coefficient (Wildman–Crippen LogP) is 1.57. The molecular weight excluding hydrogens is 260 g/mol. The minimum Gasteiger partial charge on any atom is -0.478 e. The summed E-state index contributed by atoms with van der Waals surface area (Å²) in [6.07, 6.45) is 1.75. The molecule has 1 saturated heterocycles. The summed E-state index contributed by atoms with van der Waals surface area (Å²) < 4.78 is 12.7. The molecule has 2 atom stereocenters. The molecule has 2 aromatic rings. The van der Waals surface area contributed by atoms with Crippen LogP contribution in [0.25, 0.3) is 11.0 Å². The number of benzene rings is 1. The number of carbonyl (C=O) groups is 1. The zero-order chi connectivity index (χ0) is 14.1. The zero-order valence-electron chi connectivity index (χ0n) is 11.2. The average molecular weight is 276 g/mol. The van der Waals surface area contributed by atoms with E-state index in [2.05, 4.69) is 4.98 Å². The normalized spacial score (nSPS) is 22.4. The summed E-state index contributed by atoms with van der Waals surface area (Å²) in [7, 11) is 1.67. The number of methoxy groups -OCH3 is 1. The molecule has 1 aliphatic rings. The van der Waals surface area contributed by atoms with E-state index in [-0.39, 0.29) is 17.5 Å². The zero-order valence-corrected chi connectivity index (χ0v) is 11.2. The Labute approximate surface area is 115 Å². The lowest BCUT2D eigenvalue weighted by molar-refractivity contribution is 0.0697. The van der Waals surface area contributed by atoms with Crippen molar-refractivity contribution in [2.45, 2.75) is 6.04 Å². The van der Waals surface area contributed by atoms with Crippen molar-refractivity contribution in [1.29, 1.82) is 0 Å². The van der Waals surface area contributed by atoms with Crippen LogP contribution in [0.1, 0.15) is 16.4 Å². The third-order valence-corrected chi connectivity index (χ3v) is 3.72. The fourth-order valence-electron chi connectivity index (χ4n) is 2.69. The fraction of sp³-hybridized carbons (Fsp3) is 0.429. The number of carboxylic acid groups (broad SMARTS) is 1. The Hall–Kier alpha value is -1.92. The van der Waals surface area contributed by atoms with Crippen molar-refractivity contribution < 1.29 is 19.4 Å². The van der Waals surface area contributed by atoms with Gasteiger partial charge in [-0.1, -0.05) is 0 Å². The van der Waals surface area contributed by atoms with Gasteiger partial charge in [0.2, 0.25) is 0 Å². The largest absolute Gasteiger partial charge is 0.478 e. The molecule has 0 spiro atoms. The number of aromatic carboxylic acids is 1. The van der Waals surface area contributed by atoms with Crippen LogP contribution >= 0.6 is 0 Å². The van der Waals surface area contributed by atoms with Gasteiger partial charge in [0.15, 0.2) is 0 Å². The molecule has 6 heteroatoms. The smallest absolute Gasteiger partial charge is 0.335 e. The highest BCUT2D eigenvalue weighted by molar-refractivity contribution is 5.92. The lowest BCUT2D eigenvalue weighted by Crippen LogP contribution is -2.21. The second-order valence-electron chi connectivity index (χ2n) is 4.98. The van der Waals surface area contributed by atoms with Crippen LogP contribution in [-0.4, -0.2) is 47.6 Å². The number of nitrogens with zero attached hydrogens (tertiary/aromatic N) is 2. The molecule has 1 aromatic carbocycles. The Morgan fingerprint density at radius 2 is 2.40 bits per heavy atom. The number of rotatable bonds is 4. The van der Waals surface area contributed by atoms with Crippen molar-refractivity contribution in [3.63, 3.8) is 0 Å². The van der Waals surface area contributed by atoms with E-state index in [4.69, 9.17) is 14.6 Å². The molecule has 1 aromatic heterocycles. The van der Waals surface area contributed by atoms with Crippen molar-refractivity contribution in [3.05, 3.63) is 30.1 Å². The van der Waals surface area contributed by atoms with Crippen LogP contribution in [-0.2, 0) is 9.47 Å². The van der Waals surface area contributed by atoms with Gasteiger partial charge in [-0.05, 0) is 18.2 Å². The third-order valence-electron chi connectivity index (χ3n) is 3.72. The Kier molecular flexibility index (Phi) is 3.42. The summed E-state index contributed by atoms with van der Waals surface area (Å²) in [5, 5.41) is 9.10. The Morgan fingerprint density at radius 3 is 3.15 bits per heavy atom. The van der Waals surface area contributed by atoms with E-state index >= 15 is 0 Å². The standard InChI is InChI=1S/C14H16N2O4/c1-19-5-10-6-20-7-13(10)16-8-15-11-3-2-9(14(17)18)4-12(11)16/h2-4,8,10,13H,5-7H2,1H3,(H,17,18)/t10-,13+/m1/s1. The first kappa shape index (κ1) is 13.1. The van der Waals surface area contributed by atoms with E-state index in [1.807, 2.05) is 4.57 Å². The van der Waals surface area contributed by atoms with E-state index < -0.39 is 5.97 Å². The van der Waals surface area contributed by atoms with Gasteiger partial charge in [0.1, 0.15) is 0 Å². The second kappa shape index (κ2) is 5.22. The molecule has 0 saturated carbocycles. The summed E-state index contributed by atoms with van der Waals surface area (Å²) in [4.78, 5) is 15.4. The van der Waals surface area contributed by atoms with Crippen LogP contribution in [0, 0.1) is 5.92 Å². The number of aromatic nitrogens is 2. The molecule has 20 heavy (non-hydrogen) atoms. The first-order valence-corrected chi connectivity index (χ1v) is 6.47. The van der Waals surface area contributed by atoms with Gasteiger partial charge in [-0.2, -0.15) is 0 Å². The minimum atomic E-state index is -0.934. The quantitative estimate of drug-likeness (QED) is 0.917. The molecule has 1 aliphatic heterocycles. The van der Waals surface area contributed by atoms with Crippen LogP contribution in [0.15, 0.2) is 24.5 Å². The highest BCUT2D eigenvalue weighted by atomic mass is 16.5. The molecule has 3 rings (SSSR count). The average Bonchev–Trinajstić information content (AvgIpc) is 3.04. The van der Waals surface area contributed by atoms with Crippen LogP contribution in [0.3, 0.4) is 0 Å². The number of fused-ring (bicyclic) bond motifs is 1. The van der Waals surface area contributed by atoms with Crippen molar-refractivity contribution in [2.24, 2.45) is 5.92 Å². The monoisotopic (exact) mass is 276 g/mol. The molecule has 106 valence electrons. The molecule has 0 radical (unpaired) electrons. The number of hydrogen-bond acceptors (Lipinski definition) is 4. The van der Waals surface area contributed by atoms with Crippen molar-refractivity contribution in [2.75, 3.05) is 26.9 Å². The van der Waals surface area contributed by atoms with Gasteiger partial charge in [0.05, 0.1) is 48.8 Å². The van der Waals surface area contributed by atoms with Crippen LogP contribution in [0.5, 0.6) is 0 Å². The first-order chi connectivity index (χ1) is 9.70. The topological polar surface area (TPSA) is 73.6 Å². The van der Waals surface area contributed by atoms with Gasteiger partial charge < -0.3 is 19.1 Å². The number of carboxylic acids is 1. The first-order valence-electron chi connectivity index (χ1n) is 6.47. The molecule has 2 heterocycles. The van der Waals surface area contributed by atoms with Crippen molar-refractivity contribution >= 4 is 17.0 Å². The van der Waals surface area contributed by atoms with E-state index in [1.165, 1.54) is 0 Å². The van der Waals surface area contributed by atoms with Gasteiger partial charge in [-0.3, -0.25) is 0 Å². The lowest BCUT2D eigenvalue weighted by Gasteiger charge is -2.19. The number of ether oxygens (including phenoxy) is 2. The van der Waals surface area contributed by atoms with Crippen LogP contribution in [0.2, 0.25) is 0 Å². The Bertz CT molecular complexity index is 637. The molecule has 1 fully saturated rings. The Morgan fingerprint density at radius 1 is 1.55 bits per heavy atom. The third kappa shape index (κ3) is 2.17. The predicted molar refractivity (Wildman–Crippen MR) is 71.9 cm³/mol. The van der Waals surface area contributed by atoms with E-state index in [0.717, 1.165) is 11.0 Å². The summed E-state index contributed by atoms with van der Waals surface area (Å²) >= 11 is 0. The van der Waals surface area contributed by atoms with E-state index in [0.29, 0.717) is 19.8 Å². The van der Waals surface area contributed by atoms with Gasteiger partial charge in [-0.25, -0.2) is 9.78 Å². The molecule has 6 nitrogen and oxygen atoms in total.